The van der Waals surface area contributed by atoms with Crippen molar-refractivity contribution in [2.45, 2.75) is 12.8 Å². The van der Waals surface area contributed by atoms with Gasteiger partial charge in [0.25, 0.3) is 0 Å². The van der Waals surface area contributed by atoms with Crippen LogP contribution < -0.4 is 0 Å². The Kier molecular flexibility index (Phi) is 3.28. The topological polar surface area (TPSA) is 36.7 Å². The molecule has 0 spiro atoms. The summed E-state index contributed by atoms with van der Waals surface area (Å²) >= 11 is 1.53. The van der Waals surface area contributed by atoms with Crippen LogP contribution in [-0.4, -0.2) is 4.98 Å². The van der Waals surface area contributed by atoms with Crippen molar-refractivity contribution >= 4 is 11.3 Å². The quantitative estimate of drug-likeness (QED) is 0.813. The molecule has 2 nitrogen and oxygen atoms in total. The number of nitriles is 1. The van der Waals surface area contributed by atoms with E-state index in [0.717, 1.165) is 16.3 Å². The molecule has 4 heteroatoms. The summed E-state index contributed by atoms with van der Waals surface area (Å²) in [6.45, 7) is 0. The van der Waals surface area contributed by atoms with Crippen LogP contribution in [-0.2, 0) is 6.42 Å². The van der Waals surface area contributed by atoms with Gasteiger partial charge < -0.3 is 0 Å². The van der Waals surface area contributed by atoms with E-state index in [-0.39, 0.29) is 5.82 Å². The molecule has 0 amide bonds. The maximum absolute atomic E-state index is 12.7. The van der Waals surface area contributed by atoms with Gasteiger partial charge in [-0.3, -0.25) is 0 Å². The number of aromatic nitrogens is 1. The predicted molar refractivity (Wildman–Crippen MR) is 61.4 cm³/mol. The zero-order valence-corrected chi connectivity index (χ0v) is 9.30. The van der Waals surface area contributed by atoms with Gasteiger partial charge in [0.05, 0.1) is 16.8 Å². The number of benzene rings is 1. The summed E-state index contributed by atoms with van der Waals surface area (Å²) in [6, 6.07) is 8.34. The fourth-order valence-corrected chi connectivity index (χ4v) is 2.15. The van der Waals surface area contributed by atoms with E-state index < -0.39 is 0 Å². The molecule has 0 aliphatic heterocycles. The highest BCUT2D eigenvalue weighted by Gasteiger charge is 2.04. The van der Waals surface area contributed by atoms with Gasteiger partial charge in [-0.2, -0.15) is 5.26 Å². The summed E-state index contributed by atoms with van der Waals surface area (Å²) in [7, 11) is 0. The van der Waals surface area contributed by atoms with Crippen LogP contribution >= 0.6 is 11.3 Å². The molecule has 16 heavy (non-hydrogen) atoms. The molecule has 0 unspecified atom stereocenters. The van der Waals surface area contributed by atoms with Crippen molar-refractivity contribution in [2.24, 2.45) is 0 Å². The standard InChI is InChI=1S/C12H9FN2S/c13-10-5-3-9(4-6-10)11-8-16-12(15-11)2-1-7-14/h3-6,8H,1-2H2. The van der Waals surface area contributed by atoms with Crippen LogP contribution in [0.15, 0.2) is 29.6 Å². The van der Waals surface area contributed by atoms with Crippen molar-refractivity contribution < 1.29 is 4.39 Å². The van der Waals surface area contributed by atoms with Gasteiger partial charge in [-0.25, -0.2) is 9.37 Å². The molecule has 2 aromatic rings. The first-order chi connectivity index (χ1) is 7.79. The third-order valence-corrected chi connectivity index (χ3v) is 3.05. The van der Waals surface area contributed by atoms with Crippen molar-refractivity contribution in [1.82, 2.24) is 4.98 Å². The molecule has 0 saturated heterocycles. The second-order valence-electron chi connectivity index (χ2n) is 3.29. The van der Waals surface area contributed by atoms with Crippen LogP contribution in [0, 0.1) is 17.1 Å². The second-order valence-corrected chi connectivity index (χ2v) is 4.23. The lowest BCUT2D eigenvalue weighted by Gasteiger charge is -1.95. The zero-order valence-electron chi connectivity index (χ0n) is 8.48. The summed E-state index contributed by atoms with van der Waals surface area (Å²) in [6.07, 6.45) is 1.17. The molecule has 0 saturated carbocycles. The molecule has 0 N–H and O–H groups in total. The Hall–Kier alpha value is -1.73. The first-order valence-electron chi connectivity index (χ1n) is 4.87. The summed E-state index contributed by atoms with van der Waals surface area (Å²) in [4.78, 5) is 4.39. The minimum atomic E-state index is -0.247. The van der Waals surface area contributed by atoms with E-state index in [9.17, 15) is 4.39 Å². The van der Waals surface area contributed by atoms with E-state index in [0.29, 0.717) is 12.8 Å². The summed E-state index contributed by atoms with van der Waals surface area (Å²) < 4.78 is 12.7. The lowest BCUT2D eigenvalue weighted by molar-refractivity contribution is 0.628. The summed E-state index contributed by atoms with van der Waals surface area (Å²) in [5.74, 6) is -0.247. The smallest absolute Gasteiger partial charge is 0.123 e. The van der Waals surface area contributed by atoms with Crippen LogP contribution in [0.5, 0.6) is 0 Å². The molecule has 0 fully saturated rings. The third kappa shape index (κ3) is 2.44. The van der Waals surface area contributed by atoms with Crippen molar-refractivity contribution in [2.75, 3.05) is 0 Å². The highest BCUT2D eigenvalue weighted by molar-refractivity contribution is 7.09. The Morgan fingerprint density at radius 3 is 2.75 bits per heavy atom. The van der Waals surface area contributed by atoms with E-state index >= 15 is 0 Å². The van der Waals surface area contributed by atoms with Crippen LogP contribution in [0.4, 0.5) is 4.39 Å². The third-order valence-electron chi connectivity index (χ3n) is 2.14. The predicted octanol–water partition coefficient (Wildman–Crippen LogP) is 3.41. The van der Waals surface area contributed by atoms with Gasteiger partial charge in [-0.05, 0) is 24.3 Å². The molecule has 0 aliphatic rings. The SMILES string of the molecule is N#CCCc1nc(-c2ccc(F)cc2)cs1. The van der Waals surface area contributed by atoms with Crippen molar-refractivity contribution in [3.8, 4) is 17.3 Å². The Balaban J connectivity index is 2.18. The number of aryl methyl sites for hydroxylation is 1. The molecule has 0 radical (unpaired) electrons. The maximum atomic E-state index is 12.7. The first kappa shape index (κ1) is 10.8. The molecular weight excluding hydrogens is 223 g/mol. The molecule has 1 aromatic heterocycles. The first-order valence-corrected chi connectivity index (χ1v) is 5.75. The minimum Gasteiger partial charge on any atom is -0.241 e. The normalized spacial score (nSPS) is 10.0. The number of hydrogen-bond donors (Lipinski definition) is 0. The van der Waals surface area contributed by atoms with Crippen molar-refractivity contribution in [1.29, 1.82) is 5.26 Å². The fraction of sp³-hybridized carbons (Fsp3) is 0.167. The van der Waals surface area contributed by atoms with Gasteiger partial charge in [0.2, 0.25) is 0 Å². The Morgan fingerprint density at radius 1 is 1.31 bits per heavy atom. The molecule has 1 heterocycles. The summed E-state index contributed by atoms with van der Waals surface area (Å²) in [5.41, 5.74) is 1.75. The maximum Gasteiger partial charge on any atom is 0.123 e. The minimum absolute atomic E-state index is 0.247. The lowest BCUT2D eigenvalue weighted by Crippen LogP contribution is -1.83. The highest BCUT2D eigenvalue weighted by atomic mass is 32.1. The molecule has 1 aromatic carbocycles. The van der Waals surface area contributed by atoms with Gasteiger partial charge in [-0.15, -0.1) is 11.3 Å². The lowest BCUT2D eigenvalue weighted by atomic mass is 10.2. The van der Waals surface area contributed by atoms with E-state index in [2.05, 4.69) is 11.1 Å². The number of halogens is 1. The molecule has 0 bridgehead atoms. The zero-order chi connectivity index (χ0) is 11.4. The van der Waals surface area contributed by atoms with E-state index in [1.807, 2.05) is 5.38 Å². The van der Waals surface area contributed by atoms with Crippen LogP contribution in [0.1, 0.15) is 11.4 Å². The Morgan fingerprint density at radius 2 is 2.06 bits per heavy atom. The largest absolute Gasteiger partial charge is 0.241 e. The fourth-order valence-electron chi connectivity index (χ4n) is 1.34. The van der Waals surface area contributed by atoms with Crippen molar-refractivity contribution in [3.63, 3.8) is 0 Å². The number of hydrogen-bond acceptors (Lipinski definition) is 3. The van der Waals surface area contributed by atoms with Crippen LogP contribution in [0.3, 0.4) is 0 Å². The number of thiazole rings is 1. The van der Waals surface area contributed by atoms with Gasteiger partial charge in [0.15, 0.2) is 0 Å². The van der Waals surface area contributed by atoms with Gasteiger partial charge >= 0.3 is 0 Å². The van der Waals surface area contributed by atoms with Gasteiger partial charge in [-0.1, -0.05) is 0 Å². The Labute approximate surface area is 97.0 Å². The number of rotatable bonds is 3. The van der Waals surface area contributed by atoms with E-state index in [4.69, 9.17) is 5.26 Å². The van der Waals surface area contributed by atoms with Gasteiger partial charge in [0.1, 0.15) is 5.82 Å². The van der Waals surface area contributed by atoms with E-state index in [1.165, 1.54) is 23.5 Å². The number of nitrogens with zero attached hydrogens (tertiary/aromatic N) is 2. The summed E-state index contributed by atoms with van der Waals surface area (Å²) in [5, 5.41) is 11.3. The molecule has 0 aliphatic carbocycles. The average Bonchev–Trinajstić information content (AvgIpc) is 2.76. The van der Waals surface area contributed by atoms with Crippen LogP contribution in [0.2, 0.25) is 0 Å². The molecule has 2 rings (SSSR count). The van der Waals surface area contributed by atoms with Gasteiger partial charge in [0, 0.05) is 23.8 Å². The average molecular weight is 232 g/mol. The molecule has 0 atom stereocenters. The van der Waals surface area contributed by atoms with Crippen LogP contribution in [0.25, 0.3) is 11.3 Å². The molecular formula is C12H9FN2S. The second kappa shape index (κ2) is 4.86. The van der Waals surface area contributed by atoms with E-state index in [1.54, 1.807) is 12.1 Å². The highest BCUT2D eigenvalue weighted by Crippen LogP contribution is 2.22. The van der Waals surface area contributed by atoms with Crippen molar-refractivity contribution in [3.05, 3.63) is 40.5 Å². The Bertz CT molecular complexity index is 511. The molecule has 80 valence electrons. The monoisotopic (exact) mass is 232 g/mol.